The van der Waals surface area contributed by atoms with Crippen LogP contribution in [0.5, 0.6) is 0 Å². The van der Waals surface area contributed by atoms with Gasteiger partial charge in [-0.15, -0.1) is 0 Å². The Morgan fingerprint density at radius 1 is 1.29 bits per heavy atom. The van der Waals surface area contributed by atoms with Crippen molar-refractivity contribution in [2.45, 2.75) is 18.8 Å². The zero-order valence-electron chi connectivity index (χ0n) is 7.89. The first-order valence-electron chi connectivity index (χ1n) is 4.93. The molecule has 1 saturated heterocycles. The molecule has 2 rings (SSSR count). The summed E-state index contributed by atoms with van der Waals surface area (Å²) in [5.74, 6) is 0.636. The van der Waals surface area contributed by atoms with Crippen LogP contribution in [0.25, 0.3) is 0 Å². The van der Waals surface area contributed by atoms with Crippen LogP contribution in [0.2, 0.25) is 5.02 Å². The Balaban J connectivity index is 2.22. The molecule has 3 heteroatoms. The minimum atomic E-state index is 0.636. The summed E-state index contributed by atoms with van der Waals surface area (Å²) < 4.78 is 1.06. The van der Waals surface area contributed by atoms with Crippen molar-refractivity contribution < 1.29 is 0 Å². The lowest BCUT2D eigenvalue weighted by Crippen LogP contribution is -2.26. The molecule has 1 N–H and O–H groups in total. The molecule has 1 heterocycles. The average Bonchev–Trinajstić information content (AvgIpc) is 2.19. The van der Waals surface area contributed by atoms with E-state index in [0.29, 0.717) is 5.92 Å². The molecule has 0 aromatic heterocycles. The molecule has 0 spiro atoms. The molecule has 0 saturated carbocycles. The van der Waals surface area contributed by atoms with Gasteiger partial charge in [-0.1, -0.05) is 33.6 Å². The van der Waals surface area contributed by atoms with E-state index in [0.717, 1.165) is 22.6 Å². The van der Waals surface area contributed by atoms with Crippen LogP contribution in [-0.4, -0.2) is 13.1 Å². The van der Waals surface area contributed by atoms with Gasteiger partial charge < -0.3 is 5.32 Å². The van der Waals surface area contributed by atoms with E-state index >= 15 is 0 Å². The van der Waals surface area contributed by atoms with Gasteiger partial charge in [0.05, 0.1) is 0 Å². The first kappa shape index (κ1) is 10.5. The van der Waals surface area contributed by atoms with E-state index < -0.39 is 0 Å². The van der Waals surface area contributed by atoms with Crippen LogP contribution < -0.4 is 5.32 Å². The van der Waals surface area contributed by atoms with Crippen molar-refractivity contribution in [2.24, 2.45) is 0 Å². The fourth-order valence-electron chi connectivity index (χ4n) is 1.97. The smallest absolute Gasteiger partial charge is 0.0452 e. The molecule has 0 aliphatic carbocycles. The van der Waals surface area contributed by atoms with Crippen molar-refractivity contribution in [3.63, 3.8) is 0 Å². The standard InChI is InChI=1S/C11H13BrClN/c12-9-1-2-10(11(13)7-9)8-3-5-14-6-4-8/h1-2,7-8,14H,3-6H2. The lowest BCUT2D eigenvalue weighted by molar-refractivity contribution is 0.460. The van der Waals surface area contributed by atoms with Gasteiger partial charge in [0, 0.05) is 9.50 Å². The SMILES string of the molecule is Clc1cc(Br)ccc1C1CCNCC1. The molecule has 1 aromatic rings. The third-order valence-electron chi connectivity index (χ3n) is 2.74. The maximum absolute atomic E-state index is 6.21. The van der Waals surface area contributed by atoms with Crippen molar-refractivity contribution in [2.75, 3.05) is 13.1 Å². The van der Waals surface area contributed by atoms with Gasteiger partial charge in [-0.25, -0.2) is 0 Å². The monoisotopic (exact) mass is 273 g/mol. The second-order valence-corrected chi connectivity index (χ2v) is 5.01. The molecule has 0 atom stereocenters. The van der Waals surface area contributed by atoms with Gasteiger partial charge in [-0.3, -0.25) is 0 Å². The van der Waals surface area contributed by atoms with E-state index in [-0.39, 0.29) is 0 Å². The molecule has 14 heavy (non-hydrogen) atoms. The predicted octanol–water partition coefficient (Wildman–Crippen LogP) is 3.57. The normalized spacial score (nSPS) is 18.4. The summed E-state index contributed by atoms with van der Waals surface area (Å²) in [5, 5.41) is 4.26. The first-order valence-corrected chi connectivity index (χ1v) is 6.10. The lowest BCUT2D eigenvalue weighted by atomic mass is 9.90. The van der Waals surface area contributed by atoms with E-state index in [2.05, 4.69) is 33.4 Å². The molecule has 0 radical (unpaired) electrons. The topological polar surface area (TPSA) is 12.0 Å². The zero-order chi connectivity index (χ0) is 9.97. The van der Waals surface area contributed by atoms with E-state index in [4.69, 9.17) is 11.6 Å². The molecular formula is C11H13BrClN. The highest BCUT2D eigenvalue weighted by Gasteiger charge is 2.17. The number of benzene rings is 1. The van der Waals surface area contributed by atoms with Gasteiger partial charge in [-0.05, 0) is 49.5 Å². The van der Waals surface area contributed by atoms with Crippen molar-refractivity contribution >= 4 is 27.5 Å². The summed E-state index contributed by atoms with van der Waals surface area (Å²) >= 11 is 9.64. The average molecular weight is 275 g/mol. The fourth-order valence-corrected chi connectivity index (χ4v) is 2.79. The highest BCUT2D eigenvalue weighted by Crippen LogP contribution is 2.32. The molecule has 1 nitrogen and oxygen atoms in total. The molecule has 0 unspecified atom stereocenters. The zero-order valence-corrected chi connectivity index (χ0v) is 10.2. The van der Waals surface area contributed by atoms with Crippen molar-refractivity contribution in [1.29, 1.82) is 0 Å². The second-order valence-electron chi connectivity index (χ2n) is 3.69. The summed E-state index contributed by atoms with van der Waals surface area (Å²) in [4.78, 5) is 0. The Morgan fingerprint density at radius 3 is 2.64 bits per heavy atom. The van der Waals surface area contributed by atoms with Gasteiger partial charge in [0.1, 0.15) is 0 Å². The van der Waals surface area contributed by atoms with Crippen molar-refractivity contribution in [3.05, 3.63) is 33.3 Å². The third kappa shape index (κ3) is 2.30. The van der Waals surface area contributed by atoms with Crippen molar-refractivity contribution in [3.8, 4) is 0 Å². The van der Waals surface area contributed by atoms with Gasteiger partial charge in [0.2, 0.25) is 0 Å². The number of hydrogen-bond donors (Lipinski definition) is 1. The molecule has 76 valence electrons. The summed E-state index contributed by atoms with van der Waals surface area (Å²) in [6, 6.07) is 6.20. The van der Waals surface area contributed by atoms with E-state index in [9.17, 15) is 0 Å². The van der Waals surface area contributed by atoms with Crippen LogP contribution in [0.15, 0.2) is 22.7 Å². The number of hydrogen-bond acceptors (Lipinski definition) is 1. The molecule has 0 bridgehead atoms. The molecule has 1 aliphatic heterocycles. The van der Waals surface area contributed by atoms with Crippen LogP contribution in [0.3, 0.4) is 0 Å². The van der Waals surface area contributed by atoms with Gasteiger partial charge >= 0.3 is 0 Å². The Bertz CT molecular complexity index is 321. The Morgan fingerprint density at radius 2 is 2.00 bits per heavy atom. The van der Waals surface area contributed by atoms with Gasteiger partial charge in [0.25, 0.3) is 0 Å². The number of rotatable bonds is 1. The Hall–Kier alpha value is -0.0500. The maximum Gasteiger partial charge on any atom is 0.0452 e. The quantitative estimate of drug-likeness (QED) is 0.825. The highest BCUT2D eigenvalue weighted by atomic mass is 79.9. The molecule has 1 fully saturated rings. The summed E-state index contributed by atoms with van der Waals surface area (Å²) in [6.45, 7) is 2.22. The number of nitrogens with one attached hydrogen (secondary N) is 1. The van der Waals surface area contributed by atoms with Gasteiger partial charge in [-0.2, -0.15) is 0 Å². The van der Waals surface area contributed by atoms with Gasteiger partial charge in [0.15, 0.2) is 0 Å². The predicted molar refractivity (Wildman–Crippen MR) is 64.0 cm³/mol. The minimum absolute atomic E-state index is 0.636. The van der Waals surface area contributed by atoms with Crippen LogP contribution in [0.4, 0.5) is 0 Å². The van der Waals surface area contributed by atoms with Crippen LogP contribution >= 0.6 is 27.5 Å². The van der Waals surface area contributed by atoms with Crippen molar-refractivity contribution in [1.82, 2.24) is 5.32 Å². The third-order valence-corrected chi connectivity index (χ3v) is 3.56. The van der Waals surface area contributed by atoms with Crippen LogP contribution in [0.1, 0.15) is 24.3 Å². The molecule has 1 aliphatic rings. The van der Waals surface area contributed by atoms with E-state index in [1.807, 2.05) is 6.07 Å². The lowest BCUT2D eigenvalue weighted by Gasteiger charge is -2.23. The highest BCUT2D eigenvalue weighted by molar-refractivity contribution is 9.10. The summed E-state index contributed by atoms with van der Waals surface area (Å²) in [5.41, 5.74) is 1.30. The molecule has 1 aromatic carbocycles. The summed E-state index contributed by atoms with van der Waals surface area (Å²) in [6.07, 6.45) is 2.39. The fraction of sp³-hybridized carbons (Fsp3) is 0.455. The molecule has 0 amide bonds. The second kappa shape index (κ2) is 4.65. The Labute approximate surface area is 98.0 Å². The van der Waals surface area contributed by atoms with Crippen LogP contribution in [-0.2, 0) is 0 Å². The maximum atomic E-state index is 6.21. The van der Waals surface area contributed by atoms with E-state index in [1.165, 1.54) is 18.4 Å². The first-order chi connectivity index (χ1) is 6.77. The Kier molecular flexibility index (Phi) is 3.47. The number of piperidine rings is 1. The van der Waals surface area contributed by atoms with E-state index in [1.54, 1.807) is 0 Å². The summed E-state index contributed by atoms with van der Waals surface area (Å²) in [7, 11) is 0. The van der Waals surface area contributed by atoms with Crippen LogP contribution in [0, 0.1) is 0 Å². The molecular weight excluding hydrogens is 261 g/mol. The largest absolute Gasteiger partial charge is 0.317 e. The number of halogens is 2. The minimum Gasteiger partial charge on any atom is -0.317 e.